The monoisotopic (exact) mass is 233 g/mol. The summed E-state index contributed by atoms with van der Waals surface area (Å²) in [6.07, 6.45) is 11.7. The van der Waals surface area contributed by atoms with E-state index in [0.29, 0.717) is 10.8 Å². The highest BCUT2D eigenvalue weighted by atomic mass is 14.9. The summed E-state index contributed by atoms with van der Waals surface area (Å²) in [4.78, 5) is 0. The second kappa shape index (κ2) is 2.92. The molecule has 17 heavy (non-hydrogen) atoms. The Hall–Kier alpha value is -0.0400. The minimum Gasteiger partial charge on any atom is -0.325 e. The van der Waals surface area contributed by atoms with Gasteiger partial charge in [0.1, 0.15) is 0 Å². The molecule has 0 saturated heterocycles. The zero-order valence-corrected chi connectivity index (χ0v) is 11.5. The molecule has 1 heteroatoms. The molecule has 96 valence electrons. The Labute approximate surface area is 106 Å². The van der Waals surface area contributed by atoms with Gasteiger partial charge in [0, 0.05) is 5.54 Å². The van der Waals surface area contributed by atoms with Crippen molar-refractivity contribution >= 4 is 0 Å². The van der Waals surface area contributed by atoms with Crippen LogP contribution in [0.3, 0.4) is 0 Å². The lowest BCUT2D eigenvalue weighted by Crippen LogP contribution is -2.59. The van der Waals surface area contributed by atoms with Crippen molar-refractivity contribution in [3.05, 3.63) is 0 Å². The van der Waals surface area contributed by atoms with Crippen LogP contribution >= 0.6 is 0 Å². The van der Waals surface area contributed by atoms with Crippen molar-refractivity contribution < 1.29 is 0 Å². The van der Waals surface area contributed by atoms with E-state index in [9.17, 15) is 0 Å². The van der Waals surface area contributed by atoms with Gasteiger partial charge in [-0.3, -0.25) is 0 Å². The second-order valence-electron chi connectivity index (χ2n) is 8.48. The van der Waals surface area contributed by atoms with Crippen LogP contribution in [0.25, 0.3) is 0 Å². The van der Waals surface area contributed by atoms with Crippen molar-refractivity contribution in [3.8, 4) is 0 Å². The molecule has 0 unspecified atom stereocenters. The number of hydrogen-bond acceptors (Lipinski definition) is 1. The lowest BCUT2D eigenvalue weighted by Gasteiger charge is -2.64. The Kier molecular flexibility index (Phi) is 1.86. The Morgan fingerprint density at radius 2 is 1.29 bits per heavy atom. The van der Waals surface area contributed by atoms with E-state index < -0.39 is 0 Å². The third-order valence-electron chi connectivity index (χ3n) is 7.40. The van der Waals surface area contributed by atoms with Crippen LogP contribution in [0.4, 0.5) is 0 Å². The first-order valence-corrected chi connectivity index (χ1v) is 7.73. The van der Waals surface area contributed by atoms with E-state index in [4.69, 9.17) is 5.73 Å². The molecular formula is C16H27N. The van der Waals surface area contributed by atoms with Gasteiger partial charge in [-0.05, 0) is 80.0 Å². The third-order valence-corrected chi connectivity index (χ3v) is 7.40. The molecular weight excluding hydrogens is 206 g/mol. The van der Waals surface area contributed by atoms with Crippen molar-refractivity contribution in [1.29, 1.82) is 0 Å². The fourth-order valence-electron chi connectivity index (χ4n) is 6.16. The van der Waals surface area contributed by atoms with Crippen LogP contribution in [0.1, 0.15) is 65.2 Å². The average Bonchev–Trinajstić information content (AvgIpc) is 2.95. The minimum atomic E-state index is 0.193. The normalized spacial score (nSPS) is 50.6. The van der Waals surface area contributed by atoms with Gasteiger partial charge in [-0.2, -0.15) is 0 Å². The summed E-state index contributed by atoms with van der Waals surface area (Å²) in [6.45, 7) is 5.01. The molecule has 0 heterocycles. The van der Waals surface area contributed by atoms with E-state index in [1.165, 1.54) is 32.1 Å². The molecule has 5 aliphatic rings. The smallest absolute Gasteiger partial charge is 0.0212 e. The van der Waals surface area contributed by atoms with E-state index in [1.54, 1.807) is 19.3 Å². The highest BCUT2D eigenvalue weighted by molar-refractivity contribution is 5.18. The van der Waals surface area contributed by atoms with Crippen LogP contribution in [-0.2, 0) is 0 Å². The second-order valence-corrected chi connectivity index (χ2v) is 8.48. The van der Waals surface area contributed by atoms with Crippen LogP contribution in [0.5, 0.6) is 0 Å². The first-order chi connectivity index (χ1) is 7.94. The Bertz CT molecular complexity index is 315. The maximum Gasteiger partial charge on any atom is 0.0212 e. The lowest BCUT2D eigenvalue weighted by atomic mass is 9.42. The molecule has 0 aliphatic heterocycles. The maximum absolute atomic E-state index is 6.65. The van der Waals surface area contributed by atoms with Gasteiger partial charge in [0.15, 0.2) is 0 Å². The van der Waals surface area contributed by atoms with E-state index >= 15 is 0 Å². The quantitative estimate of drug-likeness (QED) is 0.773. The summed E-state index contributed by atoms with van der Waals surface area (Å²) >= 11 is 0. The van der Waals surface area contributed by atoms with Gasteiger partial charge in [-0.1, -0.05) is 13.8 Å². The van der Waals surface area contributed by atoms with Crippen LogP contribution in [-0.4, -0.2) is 5.54 Å². The van der Waals surface area contributed by atoms with Crippen molar-refractivity contribution in [2.75, 3.05) is 0 Å². The molecule has 0 aromatic carbocycles. The van der Waals surface area contributed by atoms with E-state index in [2.05, 4.69) is 13.8 Å². The molecule has 1 nitrogen and oxygen atoms in total. The summed E-state index contributed by atoms with van der Waals surface area (Å²) in [7, 11) is 0. The minimum absolute atomic E-state index is 0.193. The van der Waals surface area contributed by atoms with Gasteiger partial charge < -0.3 is 5.73 Å². The summed E-state index contributed by atoms with van der Waals surface area (Å²) < 4.78 is 0. The number of hydrogen-bond donors (Lipinski definition) is 1. The topological polar surface area (TPSA) is 26.0 Å². The van der Waals surface area contributed by atoms with Gasteiger partial charge in [-0.15, -0.1) is 0 Å². The fourth-order valence-corrected chi connectivity index (χ4v) is 6.16. The highest BCUT2D eigenvalue weighted by Gasteiger charge is 2.65. The molecule has 0 aromatic rings. The van der Waals surface area contributed by atoms with Crippen molar-refractivity contribution in [2.45, 2.75) is 70.8 Å². The molecule has 0 spiro atoms. The molecule has 5 fully saturated rings. The standard InChI is InChI=1S/C16H27N/c1-14(2,16(17)3-4-16)15-8-11-5-12(9-15)7-13(6-11)10-15/h11-13H,3-10,17H2,1-2H3. The molecule has 5 aliphatic carbocycles. The average molecular weight is 233 g/mol. The zero-order chi connectivity index (χ0) is 11.9. The Balaban J connectivity index is 1.72. The summed E-state index contributed by atoms with van der Waals surface area (Å²) in [6, 6.07) is 0. The lowest BCUT2D eigenvalue weighted by molar-refractivity contribution is -0.131. The first-order valence-electron chi connectivity index (χ1n) is 7.73. The molecule has 5 saturated carbocycles. The summed E-state index contributed by atoms with van der Waals surface area (Å²) in [5.74, 6) is 3.17. The fraction of sp³-hybridized carbons (Fsp3) is 1.00. The Morgan fingerprint density at radius 3 is 1.65 bits per heavy atom. The van der Waals surface area contributed by atoms with Gasteiger partial charge in [0.2, 0.25) is 0 Å². The Morgan fingerprint density at radius 1 is 0.882 bits per heavy atom. The molecule has 5 rings (SSSR count). The molecule has 0 aromatic heterocycles. The van der Waals surface area contributed by atoms with Crippen LogP contribution in [0.2, 0.25) is 0 Å². The van der Waals surface area contributed by atoms with Gasteiger partial charge >= 0.3 is 0 Å². The summed E-state index contributed by atoms with van der Waals surface area (Å²) in [5, 5.41) is 0. The van der Waals surface area contributed by atoms with Crippen molar-refractivity contribution in [2.24, 2.45) is 34.3 Å². The highest BCUT2D eigenvalue weighted by Crippen LogP contribution is 2.70. The SMILES string of the molecule is CC(C)(C1(N)CC1)C12CC3CC(CC(C3)C1)C2. The maximum atomic E-state index is 6.65. The number of rotatable bonds is 2. The predicted molar refractivity (Wildman–Crippen MR) is 70.5 cm³/mol. The van der Waals surface area contributed by atoms with E-state index in [0.717, 1.165) is 17.8 Å². The van der Waals surface area contributed by atoms with Crippen LogP contribution in [0, 0.1) is 28.6 Å². The van der Waals surface area contributed by atoms with Crippen molar-refractivity contribution in [1.82, 2.24) is 0 Å². The van der Waals surface area contributed by atoms with Crippen LogP contribution < -0.4 is 5.73 Å². The molecule has 0 amide bonds. The molecule has 0 radical (unpaired) electrons. The van der Waals surface area contributed by atoms with Gasteiger partial charge in [0.05, 0.1) is 0 Å². The van der Waals surface area contributed by atoms with Crippen LogP contribution in [0.15, 0.2) is 0 Å². The third kappa shape index (κ3) is 1.25. The molecule has 4 bridgehead atoms. The zero-order valence-electron chi connectivity index (χ0n) is 11.5. The summed E-state index contributed by atoms with van der Waals surface area (Å²) in [5.41, 5.74) is 7.84. The molecule has 0 atom stereocenters. The largest absolute Gasteiger partial charge is 0.325 e. The van der Waals surface area contributed by atoms with Crippen molar-refractivity contribution in [3.63, 3.8) is 0 Å². The van der Waals surface area contributed by atoms with Gasteiger partial charge in [-0.25, -0.2) is 0 Å². The molecule has 2 N–H and O–H groups in total. The predicted octanol–water partition coefficient (Wildman–Crippen LogP) is 3.72. The van der Waals surface area contributed by atoms with Gasteiger partial charge in [0.25, 0.3) is 0 Å². The first kappa shape index (κ1) is 10.8. The van der Waals surface area contributed by atoms with E-state index in [1.807, 2.05) is 0 Å². The van der Waals surface area contributed by atoms with E-state index in [-0.39, 0.29) is 5.54 Å². The number of nitrogens with two attached hydrogens (primary N) is 1.